The van der Waals surface area contributed by atoms with Crippen LogP contribution in [0.25, 0.3) is 0 Å². The number of anilines is 1. The second kappa shape index (κ2) is 8.34. The number of benzene rings is 2. The number of carbonyl (C=O) groups is 2. The third kappa shape index (κ3) is 4.62. The highest BCUT2D eigenvalue weighted by molar-refractivity contribution is 6.31. The Labute approximate surface area is 157 Å². The Balaban J connectivity index is 1.66. The topological polar surface area (TPSA) is 58.6 Å². The zero-order chi connectivity index (χ0) is 18.5. The molecule has 2 aromatic rings. The minimum absolute atomic E-state index is 0.0335. The summed E-state index contributed by atoms with van der Waals surface area (Å²) < 4.78 is 5.47. The van der Waals surface area contributed by atoms with Crippen molar-refractivity contribution in [3.8, 4) is 0 Å². The zero-order valence-corrected chi connectivity index (χ0v) is 15.3. The maximum absolute atomic E-state index is 12.7. The first-order valence-corrected chi connectivity index (χ1v) is 8.95. The lowest BCUT2D eigenvalue weighted by atomic mass is 10.1. The van der Waals surface area contributed by atoms with Crippen molar-refractivity contribution in [1.82, 2.24) is 4.90 Å². The Kier molecular flexibility index (Phi) is 5.91. The van der Waals surface area contributed by atoms with E-state index < -0.39 is 0 Å². The number of ether oxygens (including phenoxy) is 1. The molecule has 1 atom stereocenters. The molecule has 2 aromatic carbocycles. The van der Waals surface area contributed by atoms with E-state index >= 15 is 0 Å². The molecule has 1 fully saturated rings. The lowest BCUT2D eigenvalue weighted by Gasteiger charge is -2.31. The van der Waals surface area contributed by atoms with E-state index in [4.69, 9.17) is 16.3 Å². The lowest BCUT2D eigenvalue weighted by Crippen LogP contribution is -2.44. The number of carbonyl (C=O) groups excluding carboxylic acids is 2. The van der Waals surface area contributed by atoms with Gasteiger partial charge in [0.25, 0.3) is 5.91 Å². The third-order valence-electron chi connectivity index (χ3n) is 4.23. The van der Waals surface area contributed by atoms with E-state index in [-0.39, 0.29) is 24.3 Å². The molecule has 1 aliphatic heterocycles. The Hall–Kier alpha value is -2.37. The summed E-state index contributed by atoms with van der Waals surface area (Å²) in [6.45, 7) is 3.64. The molecule has 6 heteroatoms. The molecule has 1 aliphatic rings. The highest BCUT2D eigenvalue weighted by Crippen LogP contribution is 2.18. The fourth-order valence-corrected chi connectivity index (χ4v) is 3.14. The van der Waals surface area contributed by atoms with Gasteiger partial charge in [0.15, 0.2) is 0 Å². The average molecular weight is 373 g/mol. The van der Waals surface area contributed by atoms with Crippen LogP contribution in [-0.2, 0) is 16.0 Å². The predicted molar refractivity (Wildman–Crippen MR) is 102 cm³/mol. The minimum Gasteiger partial charge on any atom is -0.375 e. The lowest BCUT2D eigenvalue weighted by molar-refractivity contribution is -0.115. The number of amides is 2. The van der Waals surface area contributed by atoms with Gasteiger partial charge in [-0.2, -0.15) is 0 Å². The number of rotatable bonds is 4. The molecule has 0 saturated carbocycles. The molecule has 2 amide bonds. The van der Waals surface area contributed by atoms with Crippen LogP contribution in [0.3, 0.4) is 0 Å². The van der Waals surface area contributed by atoms with Gasteiger partial charge in [-0.05, 0) is 36.8 Å². The van der Waals surface area contributed by atoms with Crippen LogP contribution >= 0.6 is 11.6 Å². The van der Waals surface area contributed by atoms with Crippen molar-refractivity contribution in [2.45, 2.75) is 19.4 Å². The molecule has 136 valence electrons. The molecule has 0 bridgehead atoms. The molecule has 3 rings (SSSR count). The molecule has 1 saturated heterocycles. The normalized spacial score (nSPS) is 17.0. The van der Waals surface area contributed by atoms with Crippen molar-refractivity contribution in [1.29, 1.82) is 0 Å². The number of hydrogen-bond acceptors (Lipinski definition) is 3. The summed E-state index contributed by atoms with van der Waals surface area (Å²) in [5.74, 6) is -0.231. The average Bonchev–Trinajstić information content (AvgIpc) is 2.63. The first-order chi connectivity index (χ1) is 12.5. The molecule has 0 aromatic heterocycles. The van der Waals surface area contributed by atoms with Gasteiger partial charge in [0.05, 0.1) is 19.1 Å². The minimum atomic E-state index is -0.178. The second-order valence-corrected chi connectivity index (χ2v) is 6.74. The Morgan fingerprint density at radius 2 is 2.04 bits per heavy atom. The van der Waals surface area contributed by atoms with Crippen molar-refractivity contribution < 1.29 is 14.3 Å². The molecule has 1 unspecified atom stereocenters. The molecule has 0 aliphatic carbocycles. The van der Waals surface area contributed by atoms with Crippen LogP contribution in [0.15, 0.2) is 48.5 Å². The van der Waals surface area contributed by atoms with E-state index in [0.29, 0.717) is 36.0 Å². The van der Waals surface area contributed by atoms with E-state index in [9.17, 15) is 9.59 Å². The van der Waals surface area contributed by atoms with E-state index in [1.807, 2.05) is 25.1 Å². The Bertz CT molecular complexity index is 809. The van der Waals surface area contributed by atoms with Gasteiger partial charge in [-0.3, -0.25) is 9.59 Å². The van der Waals surface area contributed by atoms with Crippen LogP contribution in [0.4, 0.5) is 5.69 Å². The molecule has 0 spiro atoms. The fourth-order valence-electron chi connectivity index (χ4n) is 2.94. The molecular weight excluding hydrogens is 352 g/mol. The van der Waals surface area contributed by atoms with Gasteiger partial charge in [0, 0.05) is 29.4 Å². The van der Waals surface area contributed by atoms with Gasteiger partial charge in [-0.1, -0.05) is 35.9 Å². The largest absolute Gasteiger partial charge is 0.375 e. The molecule has 1 heterocycles. The van der Waals surface area contributed by atoms with Crippen molar-refractivity contribution in [3.63, 3.8) is 0 Å². The highest BCUT2D eigenvalue weighted by atomic mass is 35.5. The van der Waals surface area contributed by atoms with Crippen LogP contribution in [0, 0.1) is 0 Å². The van der Waals surface area contributed by atoms with E-state index in [1.54, 1.807) is 35.2 Å². The fraction of sp³-hybridized carbons (Fsp3) is 0.300. The van der Waals surface area contributed by atoms with Gasteiger partial charge in [-0.25, -0.2) is 0 Å². The molecule has 26 heavy (non-hydrogen) atoms. The summed E-state index contributed by atoms with van der Waals surface area (Å²) in [7, 11) is 0. The maximum atomic E-state index is 12.7. The van der Waals surface area contributed by atoms with Crippen molar-refractivity contribution >= 4 is 29.1 Å². The summed E-state index contributed by atoms with van der Waals surface area (Å²) >= 11 is 6.10. The number of nitrogens with one attached hydrogen (secondary N) is 1. The van der Waals surface area contributed by atoms with E-state index in [1.165, 1.54) is 0 Å². The summed E-state index contributed by atoms with van der Waals surface area (Å²) in [6, 6.07) is 14.2. The van der Waals surface area contributed by atoms with Crippen molar-refractivity contribution in [2.75, 3.05) is 25.0 Å². The van der Waals surface area contributed by atoms with Crippen molar-refractivity contribution in [3.05, 3.63) is 64.7 Å². The molecular formula is C20H21ClN2O3. The van der Waals surface area contributed by atoms with Gasteiger partial charge < -0.3 is 15.0 Å². The quantitative estimate of drug-likeness (QED) is 0.895. The maximum Gasteiger partial charge on any atom is 0.254 e. The smallest absolute Gasteiger partial charge is 0.254 e. The summed E-state index contributed by atoms with van der Waals surface area (Å²) in [6.07, 6.45) is 0.213. The highest BCUT2D eigenvalue weighted by Gasteiger charge is 2.22. The first-order valence-electron chi connectivity index (χ1n) is 8.57. The van der Waals surface area contributed by atoms with Crippen LogP contribution in [-0.4, -0.2) is 42.5 Å². The van der Waals surface area contributed by atoms with Gasteiger partial charge >= 0.3 is 0 Å². The van der Waals surface area contributed by atoms with Gasteiger partial charge in [0.1, 0.15) is 0 Å². The number of hydrogen-bond donors (Lipinski definition) is 1. The van der Waals surface area contributed by atoms with Crippen molar-refractivity contribution in [2.24, 2.45) is 0 Å². The summed E-state index contributed by atoms with van der Waals surface area (Å²) in [4.78, 5) is 26.7. The SMILES string of the molecule is CC1CN(C(=O)c2cccc(NC(=O)Cc3ccccc3Cl)c2)CCO1. The van der Waals surface area contributed by atoms with E-state index in [2.05, 4.69) is 5.32 Å². The Morgan fingerprint density at radius 3 is 2.81 bits per heavy atom. The molecule has 0 radical (unpaired) electrons. The monoisotopic (exact) mass is 372 g/mol. The second-order valence-electron chi connectivity index (χ2n) is 6.33. The Morgan fingerprint density at radius 1 is 1.23 bits per heavy atom. The van der Waals surface area contributed by atoms with Crippen LogP contribution < -0.4 is 5.32 Å². The number of nitrogens with zero attached hydrogens (tertiary/aromatic N) is 1. The standard InChI is InChI=1S/C20H21ClN2O3/c1-14-13-23(9-10-26-14)20(25)16-6-4-7-17(11-16)22-19(24)12-15-5-2-3-8-18(15)21/h2-8,11,14H,9-10,12-13H2,1H3,(H,22,24). The number of halogens is 1. The third-order valence-corrected chi connectivity index (χ3v) is 4.60. The van der Waals surface area contributed by atoms with Crippen LogP contribution in [0.5, 0.6) is 0 Å². The van der Waals surface area contributed by atoms with Crippen LogP contribution in [0.2, 0.25) is 5.02 Å². The first kappa shape index (κ1) is 18.4. The van der Waals surface area contributed by atoms with Gasteiger partial charge in [0.2, 0.25) is 5.91 Å². The summed E-state index contributed by atoms with van der Waals surface area (Å²) in [5.41, 5.74) is 1.91. The van der Waals surface area contributed by atoms with Gasteiger partial charge in [-0.15, -0.1) is 0 Å². The summed E-state index contributed by atoms with van der Waals surface area (Å²) in [5, 5.41) is 3.39. The molecule has 5 nitrogen and oxygen atoms in total. The predicted octanol–water partition coefficient (Wildman–Crippen LogP) is 3.38. The number of morpholine rings is 1. The van der Waals surface area contributed by atoms with E-state index in [0.717, 1.165) is 5.56 Å². The zero-order valence-electron chi connectivity index (χ0n) is 14.6. The van der Waals surface area contributed by atoms with Crippen LogP contribution in [0.1, 0.15) is 22.8 Å². The molecule has 1 N–H and O–H groups in total.